The molecule has 0 unspecified atom stereocenters. The van der Waals surface area contributed by atoms with Crippen LogP contribution in [0.3, 0.4) is 0 Å². The first-order chi connectivity index (χ1) is 5.68. The van der Waals surface area contributed by atoms with Gasteiger partial charge in [0.1, 0.15) is 0 Å². The maximum absolute atomic E-state index is 8.98. The van der Waals surface area contributed by atoms with Crippen LogP contribution in [0.5, 0.6) is 0 Å². The summed E-state index contributed by atoms with van der Waals surface area (Å²) in [5.74, 6) is 0. The first-order valence-corrected chi connectivity index (χ1v) is 4.11. The van der Waals surface area contributed by atoms with E-state index in [2.05, 4.69) is 19.1 Å². The Kier molecular flexibility index (Phi) is 3.06. The predicted molar refractivity (Wildman–Crippen MR) is 51.9 cm³/mol. The van der Waals surface area contributed by atoms with Crippen LogP contribution < -0.4 is 0 Å². The lowest BCUT2D eigenvalue weighted by molar-refractivity contribution is 0.245. The van der Waals surface area contributed by atoms with Crippen LogP contribution in [0.4, 0.5) is 0 Å². The number of hydrogen-bond donors (Lipinski definition) is 1. The van der Waals surface area contributed by atoms with Crippen LogP contribution in [0.15, 0.2) is 30.3 Å². The fourth-order valence-electron chi connectivity index (χ4n) is 0.928. The maximum Gasteiger partial charge on any atom is 0.0696 e. The zero-order valence-electron chi connectivity index (χ0n) is 7.49. The van der Waals surface area contributed by atoms with Gasteiger partial charge in [-0.15, -0.1) is 0 Å². The maximum atomic E-state index is 8.98. The molecule has 1 aromatic rings. The van der Waals surface area contributed by atoms with Crippen molar-refractivity contribution in [1.82, 2.24) is 0 Å². The molecular formula is C11H14O. The Balaban J connectivity index is 2.71. The molecule has 0 fully saturated rings. The Morgan fingerprint density at radius 3 is 2.33 bits per heavy atom. The van der Waals surface area contributed by atoms with Crippen molar-refractivity contribution in [2.75, 3.05) is 0 Å². The molecule has 1 heteroatoms. The fourth-order valence-corrected chi connectivity index (χ4v) is 0.928. The van der Waals surface area contributed by atoms with Crippen LogP contribution in [-0.2, 0) is 0 Å². The van der Waals surface area contributed by atoms with E-state index in [0.717, 1.165) is 5.56 Å². The zero-order valence-corrected chi connectivity index (χ0v) is 7.49. The van der Waals surface area contributed by atoms with Crippen molar-refractivity contribution in [2.24, 2.45) is 0 Å². The predicted octanol–water partition coefficient (Wildman–Crippen LogP) is 2.39. The largest absolute Gasteiger partial charge is 0.389 e. The molecule has 1 rings (SSSR count). The highest BCUT2D eigenvalue weighted by Gasteiger charge is 1.88. The molecule has 0 bridgehead atoms. The standard InChI is InChI=1S/C11H14O/c1-9-3-6-11(7-4-9)8-5-10(2)12/h3-8,10,12H,1-2H3/b8-5+/t10-/m1/s1. The van der Waals surface area contributed by atoms with E-state index in [1.165, 1.54) is 5.56 Å². The van der Waals surface area contributed by atoms with Gasteiger partial charge in [-0.1, -0.05) is 42.0 Å². The molecule has 0 saturated heterocycles. The third-order valence-electron chi connectivity index (χ3n) is 1.64. The van der Waals surface area contributed by atoms with E-state index < -0.39 is 0 Å². The van der Waals surface area contributed by atoms with Gasteiger partial charge in [0, 0.05) is 0 Å². The minimum atomic E-state index is -0.369. The summed E-state index contributed by atoms with van der Waals surface area (Å²) in [7, 11) is 0. The first-order valence-electron chi connectivity index (χ1n) is 4.11. The summed E-state index contributed by atoms with van der Waals surface area (Å²) < 4.78 is 0. The van der Waals surface area contributed by atoms with Gasteiger partial charge >= 0.3 is 0 Å². The fraction of sp³-hybridized carbons (Fsp3) is 0.273. The molecule has 0 aliphatic carbocycles. The molecule has 1 aromatic carbocycles. The summed E-state index contributed by atoms with van der Waals surface area (Å²) in [5, 5.41) is 8.98. The van der Waals surface area contributed by atoms with Gasteiger partial charge in [0.15, 0.2) is 0 Å². The highest BCUT2D eigenvalue weighted by molar-refractivity contribution is 5.49. The molecular weight excluding hydrogens is 148 g/mol. The van der Waals surface area contributed by atoms with Gasteiger partial charge in [0.05, 0.1) is 6.10 Å². The van der Waals surface area contributed by atoms with Crippen LogP contribution in [0.2, 0.25) is 0 Å². The third kappa shape index (κ3) is 2.89. The van der Waals surface area contributed by atoms with Gasteiger partial charge in [-0.3, -0.25) is 0 Å². The van der Waals surface area contributed by atoms with Crippen molar-refractivity contribution < 1.29 is 5.11 Å². The number of aliphatic hydroxyl groups is 1. The molecule has 0 aliphatic heterocycles. The molecule has 0 aromatic heterocycles. The summed E-state index contributed by atoms with van der Waals surface area (Å²) in [5.41, 5.74) is 2.38. The second kappa shape index (κ2) is 4.07. The van der Waals surface area contributed by atoms with Crippen LogP contribution in [-0.4, -0.2) is 11.2 Å². The Morgan fingerprint density at radius 2 is 1.83 bits per heavy atom. The third-order valence-corrected chi connectivity index (χ3v) is 1.64. The lowest BCUT2D eigenvalue weighted by Gasteiger charge is -1.96. The van der Waals surface area contributed by atoms with Crippen molar-refractivity contribution >= 4 is 6.08 Å². The Bertz CT molecular complexity index is 257. The monoisotopic (exact) mass is 162 g/mol. The zero-order chi connectivity index (χ0) is 8.97. The molecule has 1 atom stereocenters. The molecule has 1 N–H and O–H groups in total. The molecule has 0 radical (unpaired) electrons. The van der Waals surface area contributed by atoms with Crippen molar-refractivity contribution in [2.45, 2.75) is 20.0 Å². The highest BCUT2D eigenvalue weighted by Crippen LogP contribution is 2.05. The Labute approximate surface area is 73.4 Å². The number of hydrogen-bond acceptors (Lipinski definition) is 1. The van der Waals surface area contributed by atoms with Gasteiger partial charge in [-0.25, -0.2) is 0 Å². The van der Waals surface area contributed by atoms with Gasteiger partial charge in [-0.05, 0) is 19.4 Å². The molecule has 0 aliphatic rings. The summed E-state index contributed by atoms with van der Waals surface area (Å²) in [6.07, 6.45) is 3.32. The van der Waals surface area contributed by atoms with E-state index in [4.69, 9.17) is 5.11 Å². The molecule has 0 spiro atoms. The SMILES string of the molecule is Cc1ccc(/C=C/[C@@H](C)O)cc1. The van der Waals surface area contributed by atoms with Crippen LogP contribution in [0.25, 0.3) is 6.08 Å². The van der Waals surface area contributed by atoms with E-state index in [0.29, 0.717) is 0 Å². The number of rotatable bonds is 2. The van der Waals surface area contributed by atoms with Crippen molar-refractivity contribution in [3.05, 3.63) is 41.5 Å². The van der Waals surface area contributed by atoms with E-state index >= 15 is 0 Å². The Hall–Kier alpha value is -1.08. The van der Waals surface area contributed by atoms with E-state index in [-0.39, 0.29) is 6.10 Å². The van der Waals surface area contributed by atoms with E-state index in [9.17, 15) is 0 Å². The minimum absolute atomic E-state index is 0.369. The average molecular weight is 162 g/mol. The molecule has 0 heterocycles. The van der Waals surface area contributed by atoms with Crippen molar-refractivity contribution in [3.63, 3.8) is 0 Å². The summed E-state index contributed by atoms with van der Waals surface area (Å²) in [6.45, 7) is 3.80. The first kappa shape index (κ1) is 9.01. The number of aliphatic hydroxyl groups excluding tert-OH is 1. The Morgan fingerprint density at radius 1 is 1.25 bits per heavy atom. The quantitative estimate of drug-likeness (QED) is 0.708. The molecule has 1 nitrogen and oxygen atoms in total. The number of aryl methyl sites for hydroxylation is 1. The molecule has 0 saturated carbocycles. The summed E-state index contributed by atoms with van der Waals surface area (Å²) >= 11 is 0. The smallest absolute Gasteiger partial charge is 0.0696 e. The lowest BCUT2D eigenvalue weighted by Crippen LogP contribution is -1.91. The summed E-state index contributed by atoms with van der Waals surface area (Å²) in [4.78, 5) is 0. The van der Waals surface area contributed by atoms with Gasteiger partial charge in [0.2, 0.25) is 0 Å². The summed E-state index contributed by atoms with van der Waals surface area (Å²) in [6, 6.07) is 8.19. The van der Waals surface area contributed by atoms with Gasteiger partial charge in [0.25, 0.3) is 0 Å². The second-order valence-electron chi connectivity index (χ2n) is 3.01. The van der Waals surface area contributed by atoms with Gasteiger partial charge < -0.3 is 5.11 Å². The van der Waals surface area contributed by atoms with Crippen LogP contribution in [0.1, 0.15) is 18.1 Å². The molecule has 12 heavy (non-hydrogen) atoms. The van der Waals surface area contributed by atoms with E-state index in [1.807, 2.05) is 18.2 Å². The molecule has 0 amide bonds. The molecule has 64 valence electrons. The van der Waals surface area contributed by atoms with Crippen LogP contribution in [0, 0.1) is 6.92 Å². The van der Waals surface area contributed by atoms with Crippen LogP contribution >= 0.6 is 0 Å². The number of benzene rings is 1. The highest BCUT2D eigenvalue weighted by atomic mass is 16.3. The average Bonchev–Trinajstić information content (AvgIpc) is 2.03. The lowest BCUT2D eigenvalue weighted by atomic mass is 10.1. The van der Waals surface area contributed by atoms with Crippen molar-refractivity contribution in [3.8, 4) is 0 Å². The normalized spacial score (nSPS) is 13.6. The minimum Gasteiger partial charge on any atom is -0.389 e. The van der Waals surface area contributed by atoms with Crippen molar-refractivity contribution in [1.29, 1.82) is 0 Å². The van der Waals surface area contributed by atoms with E-state index in [1.54, 1.807) is 13.0 Å². The topological polar surface area (TPSA) is 20.2 Å². The second-order valence-corrected chi connectivity index (χ2v) is 3.01. The van der Waals surface area contributed by atoms with Gasteiger partial charge in [-0.2, -0.15) is 0 Å².